The van der Waals surface area contributed by atoms with Crippen LogP contribution < -0.4 is 0 Å². The summed E-state index contributed by atoms with van der Waals surface area (Å²) in [5.41, 5.74) is -2.56. The average molecular weight is 360 g/mol. The first-order valence-electron chi connectivity index (χ1n) is 7.46. The van der Waals surface area contributed by atoms with Crippen LogP contribution in [0.25, 0.3) is 0 Å². The maximum Gasteiger partial charge on any atom is 0.356 e. The fourth-order valence-corrected chi connectivity index (χ4v) is 2.91. The summed E-state index contributed by atoms with van der Waals surface area (Å²) in [7, 11) is 0. The third-order valence-electron chi connectivity index (χ3n) is 3.54. The van der Waals surface area contributed by atoms with Crippen LogP contribution in [0.4, 0.5) is 0 Å². The molecule has 0 saturated heterocycles. The Labute approximate surface area is 143 Å². The SMILES string of the molecule is CC(=O)OC1CCCC(OC(C)=O)(C(=O)O)C1(OC(C)=O)OC(C)=O. The third kappa shape index (κ3) is 4.06. The molecule has 0 amide bonds. The number of carboxylic acid groups (broad SMARTS) is 1. The van der Waals surface area contributed by atoms with Crippen molar-refractivity contribution < 1.29 is 48.0 Å². The van der Waals surface area contributed by atoms with Crippen molar-refractivity contribution in [2.24, 2.45) is 0 Å². The summed E-state index contributed by atoms with van der Waals surface area (Å²) in [6.45, 7) is 3.90. The first kappa shape index (κ1) is 20.4. The lowest BCUT2D eigenvalue weighted by Crippen LogP contribution is -2.72. The highest BCUT2D eigenvalue weighted by Gasteiger charge is 2.72. The summed E-state index contributed by atoms with van der Waals surface area (Å²) < 4.78 is 20.2. The van der Waals surface area contributed by atoms with Gasteiger partial charge in [0.15, 0.2) is 6.10 Å². The van der Waals surface area contributed by atoms with Crippen LogP contribution in [0.2, 0.25) is 0 Å². The molecule has 0 heterocycles. The molecule has 10 nitrogen and oxygen atoms in total. The smallest absolute Gasteiger partial charge is 0.356 e. The molecule has 1 N–H and O–H groups in total. The Morgan fingerprint density at radius 2 is 1.32 bits per heavy atom. The zero-order valence-corrected chi connectivity index (χ0v) is 14.3. The standard InChI is InChI=1S/C15H20O10/c1-8(16)22-12-6-5-7-14(13(20)21,23-9(2)17)15(12,24-10(3)18)25-11(4)19/h12H,5-7H2,1-4H3,(H,20,21). The molecule has 10 heteroatoms. The summed E-state index contributed by atoms with van der Waals surface area (Å²) >= 11 is 0. The summed E-state index contributed by atoms with van der Waals surface area (Å²) in [4.78, 5) is 58.3. The highest BCUT2D eigenvalue weighted by Crippen LogP contribution is 2.46. The molecule has 0 bridgehead atoms. The van der Waals surface area contributed by atoms with Gasteiger partial charge in [0.2, 0.25) is 0 Å². The first-order valence-corrected chi connectivity index (χ1v) is 7.46. The Morgan fingerprint density at radius 3 is 1.68 bits per heavy atom. The van der Waals surface area contributed by atoms with E-state index in [0.29, 0.717) is 0 Å². The van der Waals surface area contributed by atoms with Gasteiger partial charge in [-0.1, -0.05) is 0 Å². The molecule has 0 radical (unpaired) electrons. The van der Waals surface area contributed by atoms with Gasteiger partial charge in [0.25, 0.3) is 5.60 Å². The molecule has 2 unspecified atom stereocenters. The number of aliphatic carboxylic acids is 1. The van der Waals surface area contributed by atoms with Crippen molar-refractivity contribution in [1.29, 1.82) is 0 Å². The Hall–Kier alpha value is -2.65. The maximum atomic E-state index is 12.0. The highest BCUT2D eigenvalue weighted by molar-refractivity contribution is 5.85. The van der Waals surface area contributed by atoms with E-state index in [1.807, 2.05) is 0 Å². The zero-order valence-electron chi connectivity index (χ0n) is 14.3. The van der Waals surface area contributed by atoms with Crippen molar-refractivity contribution in [1.82, 2.24) is 0 Å². The second-order valence-electron chi connectivity index (χ2n) is 5.57. The third-order valence-corrected chi connectivity index (χ3v) is 3.54. The molecule has 25 heavy (non-hydrogen) atoms. The van der Waals surface area contributed by atoms with Gasteiger partial charge in [-0.05, 0) is 12.8 Å². The van der Waals surface area contributed by atoms with Crippen LogP contribution in [-0.2, 0) is 42.9 Å². The zero-order chi connectivity index (χ0) is 19.4. The number of carbonyl (C=O) groups is 5. The summed E-state index contributed by atoms with van der Waals surface area (Å²) in [5, 5.41) is 9.75. The minimum absolute atomic E-state index is 0.0242. The summed E-state index contributed by atoms with van der Waals surface area (Å²) in [5.74, 6) is -8.21. The fraction of sp³-hybridized carbons (Fsp3) is 0.667. The molecular formula is C15H20O10. The molecule has 0 aromatic rings. The molecule has 0 aromatic carbocycles. The van der Waals surface area contributed by atoms with Gasteiger partial charge >= 0.3 is 35.6 Å². The minimum atomic E-state index is -2.65. The predicted molar refractivity (Wildman–Crippen MR) is 77.8 cm³/mol. The fourth-order valence-electron chi connectivity index (χ4n) is 2.91. The Kier molecular flexibility index (Phi) is 6.11. The van der Waals surface area contributed by atoms with Crippen LogP contribution in [0, 0.1) is 0 Å². The van der Waals surface area contributed by atoms with E-state index in [0.717, 1.165) is 27.7 Å². The van der Waals surface area contributed by atoms with Crippen LogP contribution >= 0.6 is 0 Å². The topological polar surface area (TPSA) is 143 Å². The number of carbonyl (C=O) groups excluding carboxylic acids is 4. The number of esters is 4. The van der Waals surface area contributed by atoms with Crippen molar-refractivity contribution in [3.63, 3.8) is 0 Å². The number of ether oxygens (including phenoxy) is 4. The quantitative estimate of drug-likeness (QED) is 0.413. The van der Waals surface area contributed by atoms with Crippen molar-refractivity contribution in [3.05, 3.63) is 0 Å². The first-order chi connectivity index (χ1) is 11.5. The normalized spacial score (nSPS) is 24.6. The molecule has 1 aliphatic carbocycles. The van der Waals surface area contributed by atoms with Gasteiger partial charge in [-0.2, -0.15) is 0 Å². The average Bonchev–Trinajstić information content (AvgIpc) is 2.40. The second kappa shape index (κ2) is 7.49. The van der Waals surface area contributed by atoms with E-state index in [-0.39, 0.29) is 19.3 Å². The molecule has 1 rings (SSSR count). The lowest BCUT2D eigenvalue weighted by molar-refractivity contribution is -0.334. The molecule has 1 fully saturated rings. The van der Waals surface area contributed by atoms with Gasteiger partial charge in [-0.15, -0.1) is 0 Å². The second-order valence-corrected chi connectivity index (χ2v) is 5.57. The molecule has 140 valence electrons. The highest BCUT2D eigenvalue weighted by atomic mass is 16.8. The van der Waals surface area contributed by atoms with E-state index in [1.165, 1.54) is 0 Å². The molecule has 0 spiro atoms. The van der Waals surface area contributed by atoms with E-state index < -0.39 is 47.3 Å². The molecule has 1 saturated carbocycles. The number of carboxylic acids is 1. The summed E-state index contributed by atoms with van der Waals surface area (Å²) in [6.07, 6.45) is -1.62. The van der Waals surface area contributed by atoms with Crippen molar-refractivity contribution in [2.45, 2.75) is 64.4 Å². The lowest BCUT2D eigenvalue weighted by atomic mass is 9.76. The monoisotopic (exact) mass is 360 g/mol. The Bertz CT molecular complexity index is 579. The van der Waals surface area contributed by atoms with Gasteiger partial charge in [0.05, 0.1) is 0 Å². The molecule has 2 atom stereocenters. The molecule has 1 aliphatic rings. The van der Waals surface area contributed by atoms with Crippen LogP contribution in [0.15, 0.2) is 0 Å². The van der Waals surface area contributed by atoms with Crippen LogP contribution in [0.3, 0.4) is 0 Å². The maximum absolute atomic E-state index is 12.0. The van der Waals surface area contributed by atoms with E-state index >= 15 is 0 Å². The number of hydrogen-bond acceptors (Lipinski definition) is 9. The number of rotatable bonds is 5. The molecule has 0 aromatic heterocycles. The number of hydrogen-bond donors (Lipinski definition) is 1. The van der Waals surface area contributed by atoms with E-state index in [1.54, 1.807) is 0 Å². The van der Waals surface area contributed by atoms with Crippen molar-refractivity contribution in [3.8, 4) is 0 Å². The van der Waals surface area contributed by atoms with Crippen molar-refractivity contribution in [2.75, 3.05) is 0 Å². The van der Waals surface area contributed by atoms with Gasteiger partial charge in [0.1, 0.15) is 0 Å². The van der Waals surface area contributed by atoms with Crippen molar-refractivity contribution >= 4 is 29.8 Å². The van der Waals surface area contributed by atoms with E-state index in [4.69, 9.17) is 18.9 Å². The van der Waals surface area contributed by atoms with Gasteiger partial charge < -0.3 is 24.1 Å². The summed E-state index contributed by atoms with van der Waals surface area (Å²) in [6, 6.07) is 0. The largest absolute Gasteiger partial charge is 0.478 e. The van der Waals surface area contributed by atoms with Crippen LogP contribution in [0.1, 0.15) is 47.0 Å². The molecular weight excluding hydrogens is 340 g/mol. The minimum Gasteiger partial charge on any atom is -0.478 e. The Balaban J connectivity index is 3.68. The van der Waals surface area contributed by atoms with E-state index in [2.05, 4.69) is 0 Å². The van der Waals surface area contributed by atoms with Gasteiger partial charge in [0, 0.05) is 34.1 Å². The van der Waals surface area contributed by atoms with Gasteiger partial charge in [-0.3, -0.25) is 19.2 Å². The lowest BCUT2D eigenvalue weighted by Gasteiger charge is -2.49. The predicted octanol–water partition coefficient (Wildman–Crippen LogP) is 0.311. The Morgan fingerprint density at radius 1 is 0.840 bits per heavy atom. The van der Waals surface area contributed by atoms with Gasteiger partial charge in [-0.25, -0.2) is 4.79 Å². The van der Waals surface area contributed by atoms with Crippen LogP contribution in [0.5, 0.6) is 0 Å². The molecule has 0 aliphatic heterocycles. The van der Waals surface area contributed by atoms with E-state index in [9.17, 15) is 29.1 Å². The van der Waals surface area contributed by atoms with Crippen LogP contribution in [-0.4, -0.2) is 52.4 Å².